The number of rotatable bonds is 4. The van der Waals surface area contributed by atoms with E-state index in [-0.39, 0.29) is 11.1 Å². The number of nitrogens with one attached hydrogen (secondary N) is 2. The Bertz CT molecular complexity index is 790. The van der Waals surface area contributed by atoms with Gasteiger partial charge in [0.2, 0.25) is 0 Å². The van der Waals surface area contributed by atoms with Crippen LogP contribution in [0.5, 0.6) is 5.75 Å². The summed E-state index contributed by atoms with van der Waals surface area (Å²) in [4.78, 5) is 12.3. The Morgan fingerprint density at radius 2 is 2.00 bits per heavy atom. The van der Waals surface area contributed by atoms with Crippen LogP contribution in [0.3, 0.4) is 0 Å². The first kappa shape index (κ1) is 15.8. The van der Waals surface area contributed by atoms with Crippen LogP contribution in [0.4, 0.5) is 0 Å². The third kappa shape index (κ3) is 4.03. The molecule has 116 valence electrons. The van der Waals surface area contributed by atoms with E-state index in [1.165, 1.54) is 0 Å². The number of halogens is 1. The zero-order valence-corrected chi connectivity index (χ0v) is 14.4. The average molecular weight is 389 g/mol. The summed E-state index contributed by atoms with van der Waals surface area (Å²) in [5.74, 6) is 0.436. The van der Waals surface area contributed by atoms with Gasteiger partial charge >= 0.3 is 0 Å². The maximum absolute atomic E-state index is 11.8. The van der Waals surface area contributed by atoms with Crippen molar-refractivity contribution in [3.05, 3.63) is 69.0 Å². The largest absolute Gasteiger partial charge is 0.488 e. The second-order valence-electron chi connectivity index (χ2n) is 4.85. The summed E-state index contributed by atoms with van der Waals surface area (Å²) in [5.41, 5.74) is 1.87. The highest BCUT2D eigenvalue weighted by molar-refractivity contribution is 9.10. The number of hydrogen-bond donors (Lipinski definition) is 2. The van der Waals surface area contributed by atoms with E-state index in [4.69, 9.17) is 10.1 Å². The van der Waals surface area contributed by atoms with Crippen LogP contribution in [-0.2, 0) is 11.4 Å². The zero-order chi connectivity index (χ0) is 16.2. The molecule has 2 aromatic rings. The van der Waals surface area contributed by atoms with Crippen LogP contribution >= 0.6 is 27.7 Å². The van der Waals surface area contributed by atoms with Crippen molar-refractivity contribution in [1.29, 1.82) is 5.41 Å². The van der Waals surface area contributed by atoms with E-state index in [0.717, 1.165) is 27.4 Å². The minimum absolute atomic E-state index is 0.142. The molecule has 23 heavy (non-hydrogen) atoms. The van der Waals surface area contributed by atoms with Gasteiger partial charge in [0.25, 0.3) is 5.91 Å². The molecule has 1 amide bonds. The fourth-order valence-corrected chi connectivity index (χ4v) is 3.15. The molecule has 6 heteroatoms. The Kier molecular flexibility index (Phi) is 4.83. The van der Waals surface area contributed by atoms with Crippen LogP contribution in [0.15, 0.2) is 57.9 Å². The summed E-state index contributed by atoms with van der Waals surface area (Å²) in [6.07, 6.45) is 1.74. The van der Waals surface area contributed by atoms with Crippen LogP contribution in [0.1, 0.15) is 11.1 Å². The van der Waals surface area contributed by atoms with Crippen LogP contribution in [-0.4, -0.2) is 11.1 Å². The number of benzene rings is 2. The van der Waals surface area contributed by atoms with Crippen molar-refractivity contribution in [3.63, 3.8) is 0 Å². The van der Waals surface area contributed by atoms with Gasteiger partial charge in [0.15, 0.2) is 5.17 Å². The lowest BCUT2D eigenvalue weighted by Crippen LogP contribution is -2.18. The molecule has 3 rings (SSSR count). The van der Waals surface area contributed by atoms with Crippen molar-refractivity contribution in [1.82, 2.24) is 5.32 Å². The molecule has 1 saturated heterocycles. The van der Waals surface area contributed by atoms with E-state index < -0.39 is 0 Å². The van der Waals surface area contributed by atoms with Gasteiger partial charge in [0, 0.05) is 10.0 Å². The predicted octanol–water partition coefficient (Wildman–Crippen LogP) is 4.17. The van der Waals surface area contributed by atoms with E-state index in [9.17, 15) is 4.79 Å². The molecule has 0 aliphatic carbocycles. The Labute approximate surface area is 146 Å². The van der Waals surface area contributed by atoms with Crippen LogP contribution in [0, 0.1) is 5.41 Å². The predicted molar refractivity (Wildman–Crippen MR) is 96.4 cm³/mol. The van der Waals surface area contributed by atoms with Crippen molar-refractivity contribution < 1.29 is 9.53 Å². The molecule has 0 bridgehead atoms. The lowest BCUT2D eigenvalue weighted by atomic mass is 10.2. The van der Waals surface area contributed by atoms with Crippen LogP contribution in [0.2, 0.25) is 0 Å². The Balaban J connectivity index is 1.85. The monoisotopic (exact) mass is 388 g/mol. The second-order valence-corrected chi connectivity index (χ2v) is 6.82. The number of amides is 1. The van der Waals surface area contributed by atoms with Gasteiger partial charge in [-0.25, -0.2) is 0 Å². The van der Waals surface area contributed by atoms with Crippen molar-refractivity contribution in [2.75, 3.05) is 0 Å². The topological polar surface area (TPSA) is 62.2 Å². The molecule has 0 saturated carbocycles. The third-order valence-corrected chi connectivity index (χ3v) is 4.48. The molecular formula is C17H13BrN2O2S. The van der Waals surface area contributed by atoms with Crippen molar-refractivity contribution >= 4 is 44.8 Å². The fourth-order valence-electron chi connectivity index (χ4n) is 2.08. The van der Waals surface area contributed by atoms with E-state index >= 15 is 0 Å². The highest BCUT2D eigenvalue weighted by atomic mass is 79.9. The minimum Gasteiger partial charge on any atom is -0.488 e. The molecule has 1 aliphatic heterocycles. The molecule has 2 N–H and O–H groups in total. The number of hydrogen-bond acceptors (Lipinski definition) is 4. The molecule has 0 unspecified atom stereocenters. The summed E-state index contributed by atoms with van der Waals surface area (Å²) in [6, 6.07) is 15.5. The number of ether oxygens (including phenoxy) is 1. The van der Waals surface area contributed by atoms with Gasteiger partial charge in [-0.05, 0) is 41.6 Å². The van der Waals surface area contributed by atoms with Crippen molar-refractivity contribution in [2.24, 2.45) is 0 Å². The molecule has 0 aromatic heterocycles. The van der Waals surface area contributed by atoms with Crippen molar-refractivity contribution in [2.45, 2.75) is 6.61 Å². The summed E-state index contributed by atoms with van der Waals surface area (Å²) in [7, 11) is 0. The summed E-state index contributed by atoms with van der Waals surface area (Å²) >= 11 is 4.54. The second kappa shape index (κ2) is 7.02. The summed E-state index contributed by atoms with van der Waals surface area (Å²) < 4.78 is 6.79. The first-order chi connectivity index (χ1) is 11.1. The Morgan fingerprint density at radius 3 is 2.70 bits per heavy atom. The standard InChI is InChI=1S/C17H13BrN2O2S/c18-13-6-7-14(22-10-11-4-2-1-3-5-11)12(8-13)9-15-16(21)20-17(19)23-15/h1-9H,10H2,(H2,19,20,21)/b15-9-. The number of thioether (sulfide) groups is 1. The van der Waals surface area contributed by atoms with Gasteiger partial charge in [-0.2, -0.15) is 0 Å². The molecule has 0 spiro atoms. The lowest BCUT2D eigenvalue weighted by molar-refractivity contribution is -0.115. The maximum Gasteiger partial charge on any atom is 0.264 e. The molecule has 2 aromatic carbocycles. The smallest absolute Gasteiger partial charge is 0.264 e. The molecule has 1 heterocycles. The van der Waals surface area contributed by atoms with E-state index in [0.29, 0.717) is 17.3 Å². The van der Waals surface area contributed by atoms with Gasteiger partial charge in [0.05, 0.1) is 4.91 Å². The summed E-state index contributed by atoms with van der Waals surface area (Å²) in [6.45, 7) is 0.452. The normalized spacial score (nSPS) is 15.8. The van der Waals surface area contributed by atoms with E-state index in [2.05, 4.69) is 21.2 Å². The summed E-state index contributed by atoms with van der Waals surface area (Å²) in [5, 5.41) is 10.1. The molecule has 1 aliphatic rings. The molecule has 0 radical (unpaired) electrons. The Hall–Kier alpha value is -2.05. The fraction of sp³-hybridized carbons (Fsp3) is 0.0588. The zero-order valence-electron chi connectivity index (χ0n) is 12.0. The lowest BCUT2D eigenvalue weighted by Gasteiger charge is -2.10. The molecular weight excluding hydrogens is 376 g/mol. The maximum atomic E-state index is 11.8. The number of amidine groups is 1. The van der Waals surface area contributed by atoms with Gasteiger partial charge in [-0.1, -0.05) is 46.3 Å². The number of carbonyl (C=O) groups excluding carboxylic acids is 1. The van der Waals surface area contributed by atoms with E-state index in [1.807, 2.05) is 48.5 Å². The van der Waals surface area contributed by atoms with Crippen LogP contribution < -0.4 is 10.1 Å². The molecule has 0 atom stereocenters. The average Bonchev–Trinajstić information content (AvgIpc) is 2.85. The first-order valence-electron chi connectivity index (χ1n) is 6.87. The van der Waals surface area contributed by atoms with Gasteiger partial charge in [0.1, 0.15) is 12.4 Å². The first-order valence-corrected chi connectivity index (χ1v) is 8.48. The van der Waals surface area contributed by atoms with E-state index in [1.54, 1.807) is 6.08 Å². The Morgan fingerprint density at radius 1 is 1.22 bits per heavy atom. The third-order valence-electron chi connectivity index (χ3n) is 3.16. The highest BCUT2D eigenvalue weighted by Crippen LogP contribution is 2.31. The molecule has 4 nitrogen and oxygen atoms in total. The van der Waals surface area contributed by atoms with Gasteiger partial charge in [-0.3, -0.25) is 10.2 Å². The quantitative estimate of drug-likeness (QED) is 0.772. The SMILES string of the molecule is N=C1NC(=O)/C(=C/c2cc(Br)ccc2OCc2ccccc2)S1. The molecule has 1 fully saturated rings. The minimum atomic E-state index is -0.256. The van der Waals surface area contributed by atoms with Crippen molar-refractivity contribution in [3.8, 4) is 5.75 Å². The van der Waals surface area contributed by atoms with Crippen LogP contribution in [0.25, 0.3) is 6.08 Å². The highest BCUT2D eigenvalue weighted by Gasteiger charge is 2.22. The van der Waals surface area contributed by atoms with Gasteiger partial charge in [-0.15, -0.1) is 0 Å². The van der Waals surface area contributed by atoms with Gasteiger partial charge < -0.3 is 10.1 Å². The number of carbonyl (C=O) groups is 1.